The zero-order valence-electron chi connectivity index (χ0n) is 23.4. The minimum Gasteiger partial charge on any atom is -0.492 e. The number of fused-ring (bicyclic) bond motifs is 1. The highest BCUT2D eigenvalue weighted by Gasteiger charge is 2.39. The normalized spacial score (nSPS) is 17.7. The molecule has 2 aliphatic heterocycles. The van der Waals surface area contributed by atoms with Crippen molar-refractivity contribution in [3.05, 3.63) is 83.4 Å². The second-order valence-electron chi connectivity index (χ2n) is 10.3. The average molecular weight is 612 g/mol. The lowest BCUT2D eigenvalue weighted by Gasteiger charge is -2.38. The topological polar surface area (TPSA) is 105 Å². The van der Waals surface area contributed by atoms with Crippen molar-refractivity contribution in [1.82, 2.24) is 9.62 Å². The van der Waals surface area contributed by atoms with Crippen LogP contribution in [0, 0.1) is 5.92 Å². The summed E-state index contributed by atoms with van der Waals surface area (Å²) < 4.78 is 39.9. The first kappa shape index (κ1) is 29.9. The van der Waals surface area contributed by atoms with Crippen molar-refractivity contribution in [2.45, 2.75) is 37.2 Å². The second kappa shape index (κ2) is 13.1. The van der Waals surface area contributed by atoms with Gasteiger partial charge in [0.1, 0.15) is 16.4 Å². The van der Waals surface area contributed by atoms with Crippen LogP contribution in [0.3, 0.4) is 0 Å². The molecule has 0 saturated carbocycles. The summed E-state index contributed by atoms with van der Waals surface area (Å²) in [6.07, 6.45) is 0.507. The number of nitrogens with one attached hydrogen (secondary N) is 1. The van der Waals surface area contributed by atoms with Gasteiger partial charge < -0.3 is 19.7 Å². The fraction of sp³-hybridized carbons (Fsp3) is 0.355. The monoisotopic (exact) mass is 611 g/mol. The Kier molecular flexibility index (Phi) is 9.35. The molecule has 0 radical (unpaired) electrons. The first-order valence-electron chi connectivity index (χ1n) is 14.1. The summed E-state index contributed by atoms with van der Waals surface area (Å²) in [5.41, 5.74) is 1.72. The van der Waals surface area contributed by atoms with E-state index in [0.29, 0.717) is 48.9 Å². The third-order valence-corrected chi connectivity index (χ3v) is 9.67. The van der Waals surface area contributed by atoms with Crippen LogP contribution < -0.4 is 19.7 Å². The van der Waals surface area contributed by atoms with Gasteiger partial charge in [0.25, 0.3) is 5.91 Å². The highest BCUT2D eigenvalue weighted by Crippen LogP contribution is 2.37. The van der Waals surface area contributed by atoms with Crippen molar-refractivity contribution < 1.29 is 27.5 Å². The van der Waals surface area contributed by atoms with Gasteiger partial charge in [0.15, 0.2) is 6.10 Å². The molecule has 2 aliphatic rings. The Morgan fingerprint density at radius 2 is 1.74 bits per heavy atom. The van der Waals surface area contributed by atoms with Crippen LogP contribution >= 0.6 is 11.6 Å². The maximum atomic E-state index is 13.8. The van der Waals surface area contributed by atoms with Crippen molar-refractivity contribution in [2.24, 2.45) is 5.92 Å². The number of halogens is 1. The van der Waals surface area contributed by atoms with Crippen LogP contribution in [0.1, 0.15) is 25.3 Å². The summed E-state index contributed by atoms with van der Waals surface area (Å²) in [5.74, 6) is -0.133. The molecule has 5 rings (SSSR count). The van der Waals surface area contributed by atoms with Gasteiger partial charge in [-0.1, -0.05) is 54.1 Å². The molecule has 11 heteroatoms. The SMILES string of the molecule is CCOc1ccc(Cl)cc1S(=O)(=O)N1CCC(C(=O)N2C[C@@H](C(=O)NCCc3ccccc3)Oc3ccccc32)CC1. The van der Waals surface area contributed by atoms with Crippen LogP contribution in [0.2, 0.25) is 5.02 Å². The lowest BCUT2D eigenvalue weighted by atomic mass is 9.95. The van der Waals surface area contributed by atoms with Crippen LogP contribution in [0.25, 0.3) is 0 Å². The van der Waals surface area contributed by atoms with Crippen LogP contribution in [-0.2, 0) is 26.0 Å². The van der Waals surface area contributed by atoms with Gasteiger partial charge in [-0.2, -0.15) is 4.31 Å². The minimum absolute atomic E-state index is 0.0184. The van der Waals surface area contributed by atoms with E-state index in [2.05, 4.69) is 5.32 Å². The quantitative estimate of drug-likeness (QED) is 0.387. The smallest absolute Gasteiger partial charge is 0.262 e. The summed E-state index contributed by atoms with van der Waals surface area (Å²) in [5, 5.41) is 3.23. The molecule has 222 valence electrons. The van der Waals surface area contributed by atoms with Crippen molar-refractivity contribution in [2.75, 3.05) is 37.7 Å². The van der Waals surface area contributed by atoms with Crippen LogP contribution in [0.5, 0.6) is 11.5 Å². The van der Waals surface area contributed by atoms with Crippen molar-refractivity contribution >= 4 is 39.1 Å². The number of benzene rings is 3. The Hall–Kier alpha value is -3.60. The van der Waals surface area contributed by atoms with Gasteiger partial charge in [-0.15, -0.1) is 0 Å². The minimum atomic E-state index is -3.88. The maximum absolute atomic E-state index is 13.8. The van der Waals surface area contributed by atoms with Gasteiger partial charge in [-0.3, -0.25) is 9.59 Å². The summed E-state index contributed by atoms with van der Waals surface area (Å²) in [6.45, 7) is 2.96. The molecule has 1 N–H and O–H groups in total. The van der Waals surface area contributed by atoms with Crippen molar-refractivity contribution in [3.63, 3.8) is 0 Å². The Morgan fingerprint density at radius 3 is 2.48 bits per heavy atom. The van der Waals surface area contributed by atoms with E-state index in [0.717, 1.165) is 5.56 Å². The highest BCUT2D eigenvalue weighted by molar-refractivity contribution is 7.89. The van der Waals surface area contributed by atoms with Gasteiger partial charge in [0.2, 0.25) is 15.9 Å². The predicted octanol–water partition coefficient (Wildman–Crippen LogP) is 4.29. The van der Waals surface area contributed by atoms with Gasteiger partial charge >= 0.3 is 0 Å². The number of carbonyl (C=O) groups excluding carboxylic acids is 2. The molecule has 42 heavy (non-hydrogen) atoms. The number of para-hydroxylation sites is 2. The molecule has 0 spiro atoms. The molecule has 3 aromatic rings. The fourth-order valence-corrected chi connectivity index (χ4v) is 7.19. The number of amides is 2. The molecule has 0 aromatic heterocycles. The second-order valence-corrected chi connectivity index (χ2v) is 12.6. The first-order valence-corrected chi connectivity index (χ1v) is 15.9. The molecule has 0 bridgehead atoms. The van der Waals surface area contributed by atoms with Gasteiger partial charge in [0, 0.05) is 30.6 Å². The number of hydrogen-bond acceptors (Lipinski definition) is 6. The molecular formula is C31H34ClN3O6S. The largest absolute Gasteiger partial charge is 0.492 e. The highest BCUT2D eigenvalue weighted by atomic mass is 35.5. The van der Waals surface area contributed by atoms with E-state index in [1.807, 2.05) is 36.4 Å². The van der Waals surface area contributed by atoms with Gasteiger partial charge in [-0.05, 0) is 62.1 Å². The molecule has 1 saturated heterocycles. The lowest BCUT2D eigenvalue weighted by molar-refractivity contribution is -0.129. The van der Waals surface area contributed by atoms with Crippen LogP contribution in [0.15, 0.2) is 77.7 Å². The van der Waals surface area contributed by atoms with E-state index in [4.69, 9.17) is 21.1 Å². The number of rotatable bonds is 9. The van der Waals surface area contributed by atoms with Gasteiger partial charge in [-0.25, -0.2) is 8.42 Å². The van der Waals surface area contributed by atoms with Crippen LogP contribution in [0.4, 0.5) is 5.69 Å². The van der Waals surface area contributed by atoms with Crippen molar-refractivity contribution in [1.29, 1.82) is 0 Å². The number of anilines is 1. The number of ether oxygens (including phenoxy) is 2. The lowest BCUT2D eigenvalue weighted by Crippen LogP contribution is -2.53. The summed E-state index contributed by atoms with van der Waals surface area (Å²) >= 11 is 6.12. The number of sulfonamides is 1. The predicted molar refractivity (Wildman–Crippen MR) is 160 cm³/mol. The summed E-state index contributed by atoms with van der Waals surface area (Å²) in [7, 11) is -3.88. The zero-order valence-corrected chi connectivity index (χ0v) is 24.9. The third-order valence-electron chi connectivity index (χ3n) is 7.51. The fourth-order valence-electron chi connectivity index (χ4n) is 5.33. The Balaban J connectivity index is 1.25. The van der Waals surface area contributed by atoms with E-state index >= 15 is 0 Å². The van der Waals surface area contributed by atoms with E-state index in [1.165, 1.54) is 10.4 Å². The number of hydrogen-bond donors (Lipinski definition) is 1. The average Bonchev–Trinajstić information content (AvgIpc) is 3.01. The molecular weight excluding hydrogens is 578 g/mol. The zero-order chi connectivity index (χ0) is 29.7. The summed E-state index contributed by atoms with van der Waals surface area (Å²) in [4.78, 5) is 28.5. The number of carbonyl (C=O) groups is 2. The molecule has 2 heterocycles. The Bertz CT molecular complexity index is 1530. The van der Waals surface area contributed by atoms with Crippen molar-refractivity contribution in [3.8, 4) is 11.5 Å². The Morgan fingerprint density at radius 1 is 1.02 bits per heavy atom. The molecule has 1 fully saturated rings. The standard InChI is InChI=1S/C31H34ClN3O6S/c1-2-40-27-13-12-24(32)20-29(27)42(38,39)34-18-15-23(16-19-34)31(37)35-21-28(41-26-11-7-6-10-25(26)35)30(36)33-17-14-22-8-4-3-5-9-22/h3-13,20,23,28H,2,14-19,21H2,1H3,(H,33,36)/t28-/m0/s1. The molecule has 1 atom stereocenters. The van der Waals surface area contributed by atoms with Gasteiger partial charge in [0.05, 0.1) is 18.8 Å². The van der Waals surface area contributed by atoms with E-state index in [-0.39, 0.29) is 42.1 Å². The maximum Gasteiger partial charge on any atom is 0.262 e. The molecule has 0 unspecified atom stereocenters. The number of piperidine rings is 1. The first-order chi connectivity index (χ1) is 20.3. The van der Waals surface area contributed by atoms with Crippen LogP contribution in [-0.4, -0.2) is 63.4 Å². The molecule has 0 aliphatic carbocycles. The van der Waals surface area contributed by atoms with E-state index < -0.39 is 22.0 Å². The van der Waals surface area contributed by atoms with E-state index in [9.17, 15) is 18.0 Å². The number of nitrogens with zero attached hydrogens (tertiary/aromatic N) is 2. The molecule has 9 nitrogen and oxygen atoms in total. The molecule has 2 amide bonds. The summed E-state index contributed by atoms with van der Waals surface area (Å²) in [6, 6.07) is 21.6. The molecule has 3 aromatic carbocycles. The third kappa shape index (κ3) is 6.56. The Labute approximate surface area is 251 Å². The van der Waals surface area contributed by atoms with E-state index in [1.54, 1.807) is 42.2 Å².